The first kappa shape index (κ1) is 17.2. The van der Waals surface area contributed by atoms with Crippen molar-refractivity contribution in [2.24, 2.45) is 17.6 Å². The fraction of sp³-hybridized carbons (Fsp3) is 1.00. The summed E-state index contributed by atoms with van der Waals surface area (Å²) in [6.07, 6.45) is 5.37. The molecule has 2 rings (SSSR count). The van der Waals surface area contributed by atoms with Gasteiger partial charge in [-0.3, -0.25) is 4.90 Å². The fourth-order valence-electron chi connectivity index (χ4n) is 3.97. The second-order valence-corrected chi connectivity index (χ2v) is 7.45. The van der Waals surface area contributed by atoms with E-state index < -0.39 is 0 Å². The van der Waals surface area contributed by atoms with E-state index in [1.165, 1.54) is 51.9 Å². The average molecular weight is 297 g/mol. The Morgan fingerprint density at radius 2 is 1.76 bits per heavy atom. The minimum Gasteiger partial charge on any atom is -0.330 e. The minimum atomic E-state index is 0.650. The van der Waals surface area contributed by atoms with Crippen LogP contribution in [0.1, 0.15) is 39.5 Å². The fourth-order valence-corrected chi connectivity index (χ4v) is 3.97. The summed E-state index contributed by atoms with van der Waals surface area (Å²) in [5, 5.41) is 3.88. The zero-order chi connectivity index (χ0) is 15.2. The van der Waals surface area contributed by atoms with Gasteiger partial charge in [-0.2, -0.15) is 0 Å². The lowest BCUT2D eigenvalue weighted by Crippen LogP contribution is -2.55. The molecule has 1 saturated carbocycles. The molecule has 1 aliphatic heterocycles. The molecule has 2 aliphatic rings. The summed E-state index contributed by atoms with van der Waals surface area (Å²) < 4.78 is 0. The Morgan fingerprint density at radius 3 is 2.38 bits per heavy atom. The molecule has 4 heteroatoms. The highest BCUT2D eigenvalue weighted by molar-refractivity contribution is 4.86. The van der Waals surface area contributed by atoms with Crippen molar-refractivity contribution in [1.82, 2.24) is 15.1 Å². The first-order valence-corrected chi connectivity index (χ1v) is 8.98. The van der Waals surface area contributed by atoms with Gasteiger partial charge < -0.3 is 16.0 Å². The van der Waals surface area contributed by atoms with Gasteiger partial charge in [-0.25, -0.2) is 0 Å². The van der Waals surface area contributed by atoms with E-state index in [9.17, 15) is 0 Å². The molecule has 21 heavy (non-hydrogen) atoms. The molecule has 124 valence electrons. The number of rotatable bonds is 6. The molecule has 3 unspecified atom stereocenters. The Balaban J connectivity index is 1.84. The largest absolute Gasteiger partial charge is 0.330 e. The van der Waals surface area contributed by atoms with Gasteiger partial charge in [-0.05, 0) is 38.3 Å². The van der Waals surface area contributed by atoms with Gasteiger partial charge in [-0.1, -0.05) is 26.7 Å². The highest BCUT2D eigenvalue weighted by Crippen LogP contribution is 2.24. The summed E-state index contributed by atoms with van der Waals surface area (Å²) in [5.41, 5.74) is 5.96. The maximum Gasteiger partial charge on any atom is 0.0244 e. The second-order valence-electron chi connectivity index (χ2n) is 7.45. The van der Waals surface area contributed by atoms with Crippen molar-refractivity contribution in [2.45, 2.75) is 51.6 Å². The van der Waals surface area contributed by atoms with Crippen LogP contribution in [0.4, 0.5) is 0 Å². The molecule has 0 aromatic carbocycles. The first-order valence-electron chi connectivity index (χ1n) is 8.98. The molecular weight excluding hydrogens is 260 g/mol. The van der Waals surface area contributed by atoms with E-state index in [4.69, 9.17) is 5.73 Å². The SMILES string of the molecule is CC(C)C(CNC1CCCCC1CN)N1CCN(C)CC1. The van der Waals surface area contributed by atoms with Crippen LogP contribution in [-0.2, 0) is 0 Å². The molecule has 0 bridgehead atoms. The van der Waals surface area contributed by atoms with Crippen LogP contribution < -0.4 is 11.1 Å². The van der Waals surface area contributed by atoms with Crippen molar-refractivity contribution in [3.63, 3.8) is 0 Å². The van der Waals surface area contributed by atoms with Crippen LogP contribution in [0.5, 0.6) is 0 Å². The van der Waals surface area contributed by atoms with E-state index in [0.29, 0.717) is 23.9 Å². The van der Waals surface area contributed by atoms with Gasteiger partial charge in [-0.15, -0.1) is 0 Å². The molecule has 1 heterocycles. The Morgan fingerprint density at radius 1 is 1.10 bits per heavy atom. The Hall–Kier alpha value is -0.160. The van der Waals surface area contributed by atoms with Gasteiger partial charge >= 0.3 is 0 Å². The quantitative estimate of drug-likeness (QED) is 0.777. The normalized spacial score (nSPS) is 30.7. The summed E-state index contributed by atoms with van der Waals surface area (Å²) in [4.78, 5) is 5.13. The Bertz CT molecular complexity index is 287. The van der Waals surface area contributed by atoms with E-state index in [1.807, 2.05) is 0 Å². The van der Waals surface area contributed by atoms with E-state index in [-0.39, 0.29) is 0 Å². The smallest absolute Gasteiger partial charge is 0.0244 e. The summed E-state index contributed by atoms with van der Waals surface area (Å²) in [6, 6.07) is 1.32. The molecule has 0 spiro atoms. The molecule has 1 saturated heterocycles. The molecule has 0 amide bonds. The molecule has 3 N–H and O–H groups in total. The van der Waals surface area contributed by atoms with Crippen LogP contribution in [0.25, 0.3) is 0 Å². The highest BCUT2D eigenvalue weighted by atomic mass is 15.3. The molecule has 1 aliphatic carbocycles. The number of piperazine rings is 1. The molecular formula is C17H36N4. The van der Waals surface area contributed by atoms with Crippen molar-refractivity contribution in [2.75, 3.05) is 46.3 Å². The van der Waals surface area contributed by atoms with Gasteiger partial charge in [0.1, 0.15) is 0 Å². The lowest BCUT2D eigenvalue weighted by atomic mass is 9.84. The predicted molar refractivity (Wildman–Crippen MR) is 90.5 cm³/mol. The molecule has 0 radical (unpaired) electrons. The second kappa shape index (κ2) is 8.47. The predicted octanol–water partition coefficient (Wildman–Crippen LogP) is 1.37. The van der Waals surface area contributed by atoms with Crippen molar-refractivity contribution in [1.29, 1.82) is 0 Å². The number of hydrogen-bond donors (Lipinski definition) is 2. The van der Waals surface area contributed by atoms with Crippen molar-refractivity contribution in [3.8, 4) is 0 Å². The van der Waals surface area contributed by atoms with Crippen LogP contribution >= 0.6 is 0 Å². The monoisotopic (exact) mass is 296 g/mol. The number of likely N-dealkylation sites (N-methyl/N-ethyl adjacent to an activating group) is 1. The molecule has 2 fully saturated rings. The zero-order valence-corrected chi connectivity index (χ0v) is 14.4. The Kier molecular flexibility index (Phi) is 6.93. The third-order valence-corrected chi connectivity index (χ3v) is 5.58. The van der Waals surface area contributed by atoms with Gasteiger partial charge in [0.05, 0.1) is 0 Å². The maximum atomic E-state index is 5.96. The van der Waals surface area contributed by atoms with Crippen LogP contribution in [0.3, 0.4) is 0 Å². The standard InChI is InChI=1S/C17H36N4/c1-14(2)17(21-10-8-20(3)9-11-21)13-19-16-7-5-4-6-15(16)12-18/h14-17,19H,4-13,18H2,1-3H3. The molecule has 3 atom stereocenters. The van der Waals surface area contributed by atoms with Gasteiger partial charge in [0.15, 0.2) is 0 Å². The van der Waals surface area contributed by atoms with E-state index in [1.54, 1.807) is 0 Å². The number of hydrogen-bond acceptors (Lipinski definition) is 4. The summed E-state index contributed by atoms with van der Waals surface area (Å²) in [6.45, 7) is 11.5. The third-order valence-electron chi connectivity index (χ3n) is 5.58. The zero-order valence-electron chi connectivity index (χ0n) is 14.4. The van der Waals surface area contributed by atoms with Crippen LogP contribution in [0.2, 0.25) is 0 Å². The lowest BCUT2D eigenvalue weighted by molar-refractivity contribution is 0.0830. The van der Waals surface area contributed by atoms with Gasteiger partial charge in [0, 0.05) is 44.8 Å². The van der Waals surface area contributed by atoms with Crippen molar-refractivity contribution in [3.05, 3.63) is 0 Å². The topological polar surface area (TPSA) is 44.5 Å². The lowest BCUT2D eigenvalue weighted by Gasteiger charge is -2.41. The molecule has 0 aromatic rings. The first-order chi connectivity index (χ1) is 10.1. The Labute approximate surface area is 131 Å². The number of nitrogens with zero attached hydrogens (tertiary/aromatic N) is 2. The average Bonchev–Trinajstić information content (AvgIpc) is 2.49. The van der Waals surface area contributed by atoms with Gasteiger partial charge in [0.25, 0.3) is 0 Å². The van der Waals surface area contributed by atoms with Crippen molar-refractivity contribution >= 4 is 0 Å². The molecule has 0 aromatic heterocycles. The molecule has 4 nitrogen and oxygen atoms in total. The maximum absolute atomic E-state index is 5.96. The van der Waals surface area contributed by atoms with Crippen LogP contribution in [0.15, 0.2) is 0 Å². The van der Waals surface area contributed by atoms with Crippen LogP contribution in [-0.4, -0.2) is 68.2 Å². The highest BCUT2D eigenvalue weighted by Gasteiger charge is 2.28. The third kappa shape index (κ3) is 4.92. The summed E-state index contributed by atoms with van der Waals surface area (Å²) in [5.74, 6) is 1.40. The summed E-state index contributed by atoms with van der Waals surface area (Å²) >= 11 is 0. The minimum absolute atomic E-state index is 0.650. The van der Waals surface area contributed by atoms with E-state index in [0.717, 1.165) is 13.1 Å². The van der Waals surface area contributed by atoms with Crippen molar-refractivity contribution < 1.29 is 0 Å². The van der Waals surface area contributed by atoms with Crippen LogP contribution in [0, 0.1) is 11.8 Å². The van der Waals surface area contributed by atoms with E-state index in [2.05, 4.69) is 36.0 Å². The van der Waals surface area contributed by atoms with Gasteiger partial charge in [0.2, 0.25) is 0 Å². The number of nitrogens with two attached hydrogens (primary N) is 1. The van der Waals surface area contributed by atoms with E-state index >= 15 is 0 Å². The summed E-state index contributed by atoms with van der Waals surface area (Å²) in [7, 11) is 2.23. The number of nitrogens with one attached hydrogen (secondary N) is 1.